The van der Waals surface area contributed by atoms with Gasteiger partial charge in [-0.1, -0.05) is 29.8 Å². The Bertz CT molecular complexity index is 1070. The number of nitrogens with zero attached hydrogens (tertiary/aromatic N) is 4. The molecule has 0 saturated carbocycles. The summed E-state index contributed by atoms with van der Waals surface area (Å²) in [7, 11) is 0. The number of halogens is 4. The van der Waals surface area contributed by atoms with Crippen LogP contribution >= 0.6 is 11.6 Å². The summed E-state index contributed by atoms with van der Waals surface area (Å²) in [5, 5.41) is 4.43. The minimum absolute atomic E-state index is 0.0998. The highest BCUT2D eigenvalue weighted by Crippen LogP contribution is 2.34. The second-order valence-corrected chi connectivity index (χ2v) is 5.98. The van der Waals surface area contributed by atoms with Gasteiger partial charge in [0.15, 0.2) is 11.3 Å². The highest BCUT2D eigenvalue weighted by molar-refractivity contribution is 6.30. The maximum atomic E-state index is 13.6. The molecule has 0 saturated heterocycles. The first-order chi connectivity index (χ1) is 12.4. The summed E-state index contributed by atoms with van der Waals surface area (Å²) in [4.78, 5) is 8.48. The Morgan fingerprint density at radius 3 is 2.38 bits per heavy atom. The van der Waals surface area contributed by atoms with Crippen LogP contribution in [-0.4, -0.2) is 19.6 Å². The van der Waals surface area contributed by atoms with E-state index < -0.39 is 11.9 Å². The first kappa shape index (κ1) is 16.5. The van der Waals surface area contributed by atoms with Gasteiger partial charge in [-0.3, -0.25) is 4.98 Å². The molecule has 4 aromatic rings. The van der Waals surface area contributed by atoms with E-state index in [1.807, 2.05) is 0 Å². The van der Waals surface area contributed by atoms with Crippen LogP contribution in [0.5, 0.6) is 0 Å². The largest absolute Gasteiger partial charge is 0.433 e. The highest BCUT2D eigenvalue weighted by Gasteiger charge is 2.35. The average molecular weight is 375 g/mol. The molecule has 0 bridgehead atoms. The van der Waals surface area contributed by atoms with Crippen molar-refractivity contribution in [3.8, 4) is 22.5 Å². The number of pyridine rings is 1. The van der Waals surface area contributed by atoms with Gasteiger partial charge in [-0.05, 0) is 35.9 Å². The van der Waals surface area contributed by atoms with E-state index in [0.717, 1.165) is 10.6 Å². The van der Waals surface area contributed by atoms with Crippen LogP contribution in [-0.2, 0) is 6.18 Å². The van der Waals surface area contributed by atoms with E-state index in [0.29, 0.717) is 21.8 Å². The molecule has 0 atom stereocenters. The molecule has 0 fully saturated rings. The second-order valence-electron chi connectivity index (χ2n) is 5.54. The van der Waals surface area contributed by atoms with Crippen molar-refractivity contribution in [1.29, 1.82) is 0 Å². The van der Waals surface area contributed by atoms with Crippen LogP contribution in [0.4, 0.5) is 13.2 Å². The molecule has 4 rings (SSSR count). The maximum Gasteiger partial charge on any atom is 0.433 e. The Morgan fingerprint density at radius 2 is 1.73 bits per heavy atom. The summed E-state index contributed by atoms with van der Waals surface area (Å²) >= 11 is 5.89. The number of benzene rings is 1. The lowest BCUT2D eigenvalue weighted by Gasteiger charge is -2.11. The van der Waals surface area contributed by atoms with Crippen LogP contribution in [0.15, 0.2) is 60.9 Å². The lowest BCUT2D eigenvalue weighted by Crippen LogP contribution is -2.13. The van der Waals surface area contributed by atoms with Gasteiger partial charge < -0.3 is 0 Å². The van der Waals surface area contributed by atoms with Crippen molar-refractivity contribution < 1.29 is 13.2 Å². The van der Waals surface area contributed by atoms with Gasteiger partial charge in [-0.15, -0.1) is 0 Å². The van der Waals surface area contributed by atoms with Gasteiger partial charge in [-0.2, -0.15) is 18.3 Å². The summed E-state index contributed by atoms with van der Waals surface area (Å²) in [6.07, 6.45) is -1.72. The van der Waals surface area contributed by atoms with E-state index in [2.05, 4.69) is 15.1 Å². The molecule has 3 aromatic heterocycles. The minimum atomic E-state index is -4.59. The molecule has 0 spiro atoms. The number of hydrogen-bond acceptors (Lipinski definition) is 3. The third-order valence-electron chi connectivity index (χ3n) is 3.84. The summed E-state index contributed by atoms with van der Waals surface area (Å²) < 4.78 is 41.5. The van der Waals surface area contributed by atoms with Crippen molar-refractivity contribution in [3.63, 3.8) is 0 Å². The molecule has 26 heavy (non-hydrogen) atoms. The minimum Gasteiger partial charge on any atom is -0.255 e. The second kappa shape index (κ2) is 6.10. The van der Waals surface area contributed by atoms with E-state index >= 15 is 0 Å². The smallest absolute Gasteiger partial charge is 0.255 e. The first-order valence-corrected chi connectivity index (χ1v) is 7.94. The summed E-state index contributed by atoms with van der Waals surface area (Å²) in [5.74, 6) is 0. The van der Waals surface area contributed by atoms with Gasteiger partial charge in [0, 0.05) is 16.8 Å². The third-order valence-corrected chi connectivity index (χ3v) is 4.10. The zero-order valence-electron chi connectivity index (χ0n) is 13.1. The highest BCUT2D eigenvalue weighted by atomic mass is 35.5. The van der Waals surface area contributed by atoms with E-state index in [-0.39, 0.29) is 11.3 Å². The van der Waals surface area contributed by atoms with Crippen LogP contribution in [0.3, 0.4) is 0 Å². The van der Waals surface area contributed by atoms with Crippen molar-refractivity contribution >= 4 is 17.2 Å². The molecule has 0 aliphatic rings. The number of hydrogen-bond donors (Lipinski definition) is 0. The van der Waals surface area contributed by atoms with Gasteiger partial charge in [0.05, 0.1) is 17.6 Å². The molecule has 0 aliphatic carbocycles. The normalized spacial score (nSPS) is 11.8. The zero-order valence-corrected chi connectivity index (χ0v) is 13.8. The molecule has 3 heterocycles. The van der Waals surface area contributed by atoms with Gasteiger partial charge >= 0.3 is 6.18 Å². The zero-order chi connectivity index (χ0) is 18.3. The van der Waals surface area contributed by atoms with Crippen LogP contribution < -0.4 is 0 Å². The van der Waals surface area contributed by atoms with Crippen molar-refractivity contribution in [2.45, 2.75) is 6.18 Å². The number of alkyl halides is 3. The molecule has 0 radical (unpaired) electrons. The van der Waals surface area contributed by atoms with Crippen LogP contribution in [0.25, 0.3) is 28.2 Å². The molecule has 0 N–H and O–H groups in total. The third kappa shape index (κ3) is 2.90. The quantitative estimate of drug-likeness (QED) is 0.488. The molecule has 130 valence electrons. The predicted molar refractivity (Wildman–Crippen MR) is 91.7 cm³/mol. The van der Waals surface area contributed by atoms with Crippen molar-refractivity contribution in [3.05, 3.63) is 71.6 Å². The Labute approximate surface area is 150 Å². The van der Waals surface area contributed by atoms with Gasteiger partial charge in [0.25, 0.3) is 0 Å². The lowest BCUT2D eigenvalue weighted by atomic mass is 10.1. The molecular weight excluding hydrogens is 365 g/mol. The SMILES string of the molecule is FC(F)(F)c1cc(-c2ccccn2)nc2c(-c3ccc(Cl)cc3)cnn12. The van der Waals surface area contributed by atoms with E-state index in [1.165, 1.54) is 12.4 Å². The summed E-state index contributed by atoms with van der Waals surface area (Å²) in [5.41, 5.74) is 0.809. The molecule has 1 aromatic carbocycles. The summed E-state index contributed by atoms with van der Waals surface area (Å²) in [6, 6.07) is 12.7. The Hall–Kier alpha value is -2.93. The molecule has 4 nitrogen and oxygen atoms in total. The fourth-order valence-electron chi connectivity index (χ4n) is 2.64. The lowest BCUT2D eigenvalue weighted by molar-refractivity contribution is -0.142. The number of fused-ring (bicyclic) bond motifs is 1. The molecule has 8 heteroatoms. The molecule has 0 aliphatic heterocycles. The van der Waals surface area contributed by atoms with E-state index in [4.69, 9.17) is 11.6 Å². The molecule has 0 unspecified atom stereocenters. The first-order valence-electron chi connectivity index (χ1n) is 7.57. The maximum absolute atomic E-state index is 13.6. The van der Waals surface area contributed by atoms with Crippen molar-refractivity contribution in [1.82, 2.24) is 19.6 Å². The van der Waals surface area contributed by atoms with Crippen LogP contribution in [0.1, 0.15) is 5.69 Å². The van der Waals surface area contributed by atoms with Gasteiger partial charge in [-0.25, -0.2) is 9.50 Å². The Morgan fingerprint density at radius 1 is 0.962 bits per heavy atom. The summed E-state index contributed by atoms with van der Waals surface area (Å²) in [6.45, 7) is 0. The predicted octanol–water partition coefficient (Wildman–Crippen LogP) is 5.13. The van der Waals surface area contributed by atoms with Gasteiger partial charge in [0.1, 0.15) is 0 Å². The molecule has 0 amide bonds. The van der Waals surface area contributed by atoms with Crippen LogP contribution in [0, 0.1) is 0 Å². The monoisotopic (exact) mass is 374 g/mol. The van der Waals surface area contributed by atoms with E-state index in [9.17, 15) is 13.2 Å². The number of aromatic nitrogens is 4. The average Bonchev–Trinajstić information content (AvgIpc) is 3.05. The number of rotatable bonds is 2. The van der Waals surface area contributed by atoms with Crippen molar-refractivity contribution in [2.75, 3.05) is 0 Å². The van der Waals surface area contributed by atoms with Crippen molar-refractivity contribution in [2.24, 2.45) is 0 Å². The topological polar surface area (TPSA) is 43.1 Å². The standard InChI is InChI=1S/C18H10ClF3N4/c19-12-6-4-11(5-7-12)13-10-24-26-16(18(20,21)22)9-15(25-17(13)26)14-3-1-2-8-23-14/h1-10H. The fourth-order valence-corrected chi connectivity index (χ4v) is 2.77. The van der Waals surface area contributed by atoms with Crippen LogP contribution in [0.2, 0.25) is 5.02 Å². The van der Waals surface area contributed by atoms with Gasteiger partial charge in [0.2, 0.25) is 0 Å². The fraction of sp³-hybridized carbons (Fsp3) is 0.0556. The molecular formula is C18H10ClF3N4. The van der Waals surface area contributed by atoms with E-state index in [1.54, 1.807) is 42.5 Å². The Kier molecular flexibility index (Phi) is 3.88. The Balaban J connectivity index is 2.01.